The Bertz CT molecular complexity index is 438. The molecule has 20 heavy (non-hydrogen) atoms. The summed E-state index contributed by atoms with van der Waals surface area (Å²) >= 11 is 0. The molecule has 7 heteroatoms. The van der Waals surface area contributed by atoms with Gasteiger partial charge in [-0.2, -0.15) is 0 Å². The number of tetrazole rings is 1. The molecule has 0 bridgehead atoms. The Kier molecular flexibility index (Phi) is 4.28. The van der Waals surface area contributed by atoms with Gasteiger partial charge in [0.05, 0.1) is 25.9 Å². The summed E-state index contributed by atoms with van der Waals surface area (Å²) in [6.07, 6.45) is 4.00. The average Bonchev–Trinajstić information content (AvgIpc) is 3.09. The summed E-state index contributed by atoms with van der Waals surface area (Å²) in [7, 11) is 3.71. The molecule has 3 rings (SSSR count). The normalized spacial score (nSPS) is 31.8. The Balaban J connectivity index is 1.72. The highest BCUT2D eigenvalue weighted by molar-refractivity contribution is 4.92. The third-order valence-electron chi connectivity index (χ3n) is 4.63. The van der Waals surface area contributed by atoms with Crippen molar-refractivity contribution in [1.82, 2.24) is 25.1 Å². The van der Waals surface area contributed by atoms with Gasteiger partial charge in [-0.25, -0.2) is 4.68 Å². The summed E-state index contributed by atoms with van der Waals surface area (Å²) in [6, 6.07) is 0.410. The molecule has 112 valence electrons. The summed E-state index contributed by atoms with van der Waals surface area (Å²) in [4.78, 5) is 2.46. The van der Waals surface area contributed by atoms with Gasteiger partial charge in [0.25, 0.3) is 0 Å². The maximum absolute atomic E-state index is 5.71. The summed E-state index contributed by atoms with van der Waals surface area (Å²) < 4.78 is 13.1. The lowest BCUT2D eigenvalue weighted by Crippen LogP contribution is -2.51. The van der Waals surface area contributed by atoms with Crippen molar-refractivity contribution in [3.8, 4) is 0 Å². The second-order valence-corrected chi connectivity index (χ2v) is 5.70. The van der Waals surface area contributed by atoms with Crippen LogP contribution in [0.3, 0.4) is 0 Å². The minimum Gasteiger partial charge on any atom is -0.381 e. The van der Waals surface area contributed by atoms with Crippen molar-refractivity contribution in [3.05, 3.63) is 5.82 Å². The number of morpholine rings is 1. The number of aryl methyl sites for hydroxylation is 1. The standard InChI is InChI=1S/C13H23N5O2/c1-17-13(14-15-16-17)8-18-6-7-20-9-11(18)10-4-3-5-12(10)19-2/h10-12H,3-9H2,1-2H3. The number of ether oxygens (including phenoxy) is 2. The molecular formula is C13H23N5O2. The van der Waals surface area contributed by atoms with Crippen molar-refractivity contribution in [3.63, 3.8) is 0 Å². The van der Waals surface area contributed by atoms with Crippen molar-refractivity contribution < 1.29 is 9.47 Å². The second-order valence-electron chi connectivity index (χ2n) is 5.70. The molecule has 0 N–H and O–H groups in total. The molecule has 3 atom stereocenters. The van der Waals surface area contributed by atoms with E-state index in [1.165, 1.54) is 12.8 Å². The molecule has 0 spiro atoms. The molecular weight excluding hydrogens is 258 g/mol. The van der Waals surface area contributed by atoms with Gasteiger partial charge in [-0.05, 0) is 23.3 Å². The molecule has 1 aromatic rings. The number of rotatable bonds is 4. The average molecular weight is 281 g/mol. The van der Waals surface area contributed by atoms with E-state index in [9.17, 15) is 0 Å². The zero-order valence-corrected chi connectivity index (χ0v) is 12.2. The summed E-state index contributed by atoms with van der Waals surface area (Å²) in [5, 5.41) is 11.7. The molecule has 2 fully saturated rings. The number of hydrogen-bond donors (Lipinski definition) is 0. The Morgan fingerprint density at radius 3 is 3.05 bits per heavy atom. The maximum atomic E-state index is 5.71. The topological polar surface area (TPSA) is 65.3 Å². The first-order valence-corrected chi connectivity index (χ1v) is 7.35. The van der Waals surface area contributed by atoms with Crippen molar-refractivity contribution in [2.45, 2.75) is 38.0 Å². The summed E-state index contributed by atoms with van der Waals surface area (Å²) in [5.41, 5.74) is 0. The van der Waals surface area contributed by atoms with Crippen LogP contribution in [0.15, 0.2) is 0 Å². The van der Waals surface area contributed by atoms with E-state index in [2.05, 4.69) is 20.4 Å². The first-order valence-electron chi connectivity index (χ1n) is 7.35. The minimum absolute atomic E-state index is 0.363. The molecule has 1 aromatic heterocycles. The molecule has 0 aromatic carbocycles. The Hall–Kier alpha value is -1.05. The van der Waals surface area contributed by atoms with Gasteiger partial charge in [0.15, 0.2) is 5.82 Å². The third-order valence-corrected chi connectivity index (χ3v) is 4.63. The second kappa shape index (κ2) is 6.15. The molecule has 1 aliphatic carbocycles. The number of nitrogens with zero attached hydrogens (tertiary/aromatic N) is 5. The van der Waals surface area contributed by atoms with E-state index in [0.717, 1.165) is 38.5 Å². The molecule has 3 unspecified atom stereocenters. The van der Waals surface area contributed by atoms with Gasteiger partial charge in [-0.15, -0.1) is 5.10 Å². The highest BCUT2D eigenvalue weighted by Crippen LogP contribution is 2.34. The smallest absolute Gasteiger partial charge is 0.165 e. The van der Waals surface area contributed by atoms with Crippen molar-refractivity contribution in [1.29, 1.82) is 0 Å². The van der Waals surface area contributed by atoms with E-state index in [0.29, 0.717) is 18.1 Å². The van der Waals surface area contributed by atoms with Crippen LogP contribution in [0.1, 0.15) is 25.1 Å². The van der Waals surface area contributed by atoms with Gasteiger partial charge in [0.1, 0.15) is 0 Å². The predicted molar refractivity (Wildman–Crippen MR) is 72.0 cm³/mol. The zero-order valence-electron chi connectivity index (χ0n) is 12.2. The fraction of sp³-hybridized carbons (Fsp3) is 0.923. The zero-order chi connectivity index (χ0) is 13.9. The molecule has 0 amide bonds. The predicted octanol–water partition coefficient (Wildman–Crippen LogP) is 0.226. The van der Waals surface area contributed by atoms with Gasteiger partial charge >= 0.3 is 0 Å². The Labute approximate surface area is 119 Å². The lowest BCUT2D eigenvalue weighted by molar-refractivity contribution is -0.0619. The first kappa shape index (κ1) is 13.9. The monoisotopic (exact) mass is 281 g/mol. The van der Waals surface area contributed by atoms with E-state index in [1.54, 1.807) is 4.68 Å². The molecule has 1 saturated carbocycles. The lowest BCUT2D eigenvalue weighted by Gasteiger charge is -2.40. The van der Waals surface area contributed by atoms with Crippen LogP contribution in [-0.4, -0.2) is 64.1 Å². The number of aromatic nitrogens is 4. The first-order chi connectivity index (χ1) is 9.79. The van der Waals surface area contributed by atoms with Crippen LogP contribution in [0.4, 0.5) is 0 Å². The fourth-order valence-corrected chi connectivity index (χ4v) is 3.50. The van der Waals surface area contributed by atoms with Crippen LogP contribution in [0.25, 0.3) is 0 Å². The molecule has 2 aliphatic rings. The van der Waals surface area contributed by atoms with E-state index in [4.69, 9.17) is 9.47 Å². The largest absolute Gasteiger partial charge is 0.381 e. The lowest BCUT2D eigenvalue weighted by atomic mass is 9.94. The Morgan fingerprint density at radius 2 is 2.30 bits per heavy atom. The molecule has 1 saturated heterocycles. The van der Waals surface area contributed by atoms with Gasteiger partial charge < -0.3 is 9.47 Å². The molecule has 0 radical (unpaired) electrons. The van der Waals surface area contributed by atoms with Gasteiger partial charge in [-0.3, -0.25) is 4.90 Å². The maximum Gasteiger partial charge on any atom is 0.165 e. The van der Waals surface area contributed by atoms with Crippen LogP contribution < -0.4 is 0 Å². The highest BCUT2D eigenvalue weighted by Gasteiger charge is 2.38. The van der Waals surface area contributed by atoms with Crippen LogP contribution in [0, 0.1) is 5.92 Å². The molecule has 2 heterocycles. The highest BCUT2D eigenvalue weighted by atomic mass is 16.5. The Morgan fingerprint density at radius 1 is 1.40 bits per heavy atom. The third kappa shape index (κ3) is 2.70. The van der Waals surface area contributed by atoms with E-state index in [-0.39, 0.29) is 0 Å². The van der Waals surface area contributed by atoms with Gasteiger partial charge in [-0.1, -0.05) is 6.42 Å². The van der Waals surface area contributed by atoms with Crippen molar-refractivity contribution in [2.24, 2.45) is 13.0 Å². The summed E-state index contributed by atoms with van der Waals surface area (Å²) in [6.45, 7) is 3.29. The van der Waals surface area contributed by atoms with Gasteiger partial charge in [0.2, 0.25) is 0 Å². The van der Waals surface area contributed by atoms with E-state index >= 15 is 0 Å². The molecule has 1 aliphatic heterocycles. The van der Waals surface area contributed by atoms with Gasteiger partial charge in [0, 0.05) is 32.7 Å². The van der Waals surface area contributed by atoms with Crippen molar-refractivity contribution in [2.75, 3.05) is 26.9 Å². The van der Waals surface area contributed by atoms with Crippen LogP contribution >= 0.6 is 0 Å². The fourth-order valence-electron chi connectivity index (χ4n) is 3.50. The van der Waals surface area contributed by atoms with E-state index < -0.39 is 0 Å². The SMILES string of the molecule is COC1CCCC1C1COCCN1Cc1nnnn1C. The van der Waals surface area contributed by atoms with Crippen LogP contribution in [-0.2, 0) is 23.1 Å². The quantitative estimate of drug-likeness (QED) is 0.787. The summed E-state index contributed by atoms with van der Waals surface area (Å²) in [5.74, 6) is 1.46. The minimum atomic E-state index is 0.363. The molecule has 7 nitrogen and oxygen atoms in total. The number of methoxy groups -OCH3 is 1. The van der Waals surface area contributed by atoms with E-state index in [1.807, 2.05) is 14.2 Å². The van der Waals surface area contributed by atoms with Crippen LogP contribution in [0.2, 0.25) is 0 Å². The van der Waals surface area contributed by atoms with Crippen molar-refractivity contribution >= 4 is 0 Å². The number of hydrogen-bond acceptors (Lipinski definition) is 6. The van der Waals surface area contributed by atoms with Crippen LogP contribution in [0.5, 0.6) is 0 Å².